The van der Waals surface area contributed by atoms with Gasteiger partial charge in [-0.05, 0) is 48.7 Å². The first-order valence-corrected chi connectivity index (χ1v) is 12.8. The maximum Gasteiger partial charge on any atom is 0.339 e. The van der Waals surface area contributed by atoms with Gasteiger partial charge in [-0.15, -0.1) is 6.58 Å². The summed E-state index contributed by atoms with van der Waals surface area (Å²) >= 11 is 0. The van der Waals surface area contributed by atoms with Crippen LogP contribution in [0.1, 0.15) is 65.5 Å². The van der Waals surface area contributed by atoms with Gasteiger partial charge in [-0.3, -0.25) is 9.59 Å². The molecule has 0 radical (unpaired) electrons. The van der Waals surface area contributed by atoms with Crippen molar-refractivity contribution in [2.45, 2.75) is 77.8 Å². The number of allylic oxidation sites excluding steroid dienone is 2. The second-order valence-corrected chi connectivity index (χ2v) is 12.4. The van der Waals surface area contributed by atoms with Crippen LogP contribution in [0.25, 0.3) is 0 Å². The number of ketones is 1. The molecule has 7 heteroatoms. The zero-order valence-corrected chi connectivity index (χ0v) is 21.5. The average Bonchev–Trinajstić information content (AvgIpc) is 3.37. The molecule has 2 aliphatic heterocycles. The third-order valence-corrected chi connectivity index (χ3v) is 10.8. The Morgan fingerprint density at radius 3 is 2.56 bits per heavy atom. The number of carbonyl (C=O) groups excluding carboxylic acids is 3. The fraction of sp³-hybridized carbons (Fsp3) is 0.621. The summed E-state index contributed by atoms with van der Waals surface area (Å²) in [6.07, 6.45) is 8.87. The van der Waals surface area contributed by atoms with Crippen LogP contribution in [0.4, 0.5) is 0 Å². The summed E-state index contributed by atoms with van der Waals surface area (Å²) in [6.45, 7) is 14.0. The van der Waals surface area contributed by atoms with Gasteiger partial charge in [0.25, 0.3) is 0 Å². The molecule has 0 N–H and O–H groups in total. The molecule has 2 saturated carbocycles. The van der Waals surface area contributed by atoms with Crippen molar-refractivity contribution in [1.82, 2.24) is 0 Å². The Morgan fingerprint density at radius 1 is 1.17 bits per heavy atom. The normalized spacial score (nSPS) is 48.0. The molecule has 1 aromatic rings. The summed E-state index contributed by atoms with van der Waals surface area (Å²) in [5.41, 5.74) is -2.63. The zero-order valence-electron chi connectivity index (χ0n) is 21.5. The van der Waals surface area contributed by atoms with Gasteiger partial charge < -0.3 is 18.6 Å². The van der Waals surface area contributed by atoms with Crippen molar-refractivity contribution < 1.29 is 33.0 Å². The number of hydrogen-bond acceptors (Lipinski definition) is 7. The second kappa shape index (κ2) is 7.00. The maximum absolute atomic E-state index is 13.3. The number of furan rings is 1. The van der Waals surface area contributed by atoms with Crippen molar-refractivity contribution in [2.75, 3.05) is 0 Å². The van der Waals surface area contributed by atoms with E-state index in [1.54, 1.807) is 18.6 Å². The van der Waals surface area contributed by atoms with Crippen molar-refractivity contribution in [3.05, 3.63) is 49.0 Å². The molecule has 6 rings (SSSR count). The number of fused-ring (bicyclic) bond motifs is 3. The van der Waals surface area contributed by atoms with Gasteiger partial charge in [0, 0.05) is 23.3 Å². The molecule has 9 atom stereocenters. The fourth-order valence-electron chi connectivity index (χ4n) is 9.21. The highest BCUT2D eigenvalue weighted by Gasteiger charge is 2.89. The highest BCUT2D eigenvalue weighted by atomic mass is 16.7. The topological polar surface area (TPSA) is 95.3 Å². The van der Waals surface area contributed by atoms with Crippen LogP contribution >= 0.6 is 0 Å². The van der Waals surface area contributed by atoms with E-state index in [1.807, 2.05) is 26.0 Å². The molecule has 3 heterocycles. The Kier molecular flexibility index (Phi) is 4.61. The molecule has 1 spiro atoms. The number of rotatable bonds is 3. The minimum absolute atomic E-state index is 0.00861. The molecule has 0 aromatic carbocycles. The molecule has 2 saturated heterocycles. The lowest BCUT2D eigenvalue weighted by molar-refractivity contribution is -0.245. The third-order valence-electron chi connectivity index (χ3n) is 10.8. The Labute approximate surface area is 211 Å². The molecule has 5 aliphatic rings. The van der Waals surface area contributed by atoms with Gasteiger partial charge in [0.05, 0.1) is 17.9 Å². The van der Waals surface area contributed by atoms with Gasteiger partial charge in [0.1, 0.15) is 17.8 Å². The molecule has 0 bridgehead atoms. The number of carbonyl (C=O) groups is 3. The monoisotopic (exact) mass is 494 g/mol. The van der Waals surface area contributed by atoms with Gasteiger partial charge in [-0.2, -0.15) is 0 Å². The van der Waals surface area contributed by atoms with Gasteiger partial charge in [0.2, 0.25) is 0 Å². The molecule has 3 aliphatic carbocycles. The summed E-state index contributed by atoms with van der Waals surface area (Å²) in [6, 6.07) is 1.81. The SMILES string of the molecule is C=CC12CCC3C4(C)C=CC(=O)C(C)(C)C4CC(OC(C)=O)C3(C)C13OC3C(=O)OC2c1ccoc1. The maximum atomic E-state index is 13.3. The van der Waals surface area contributed by atoms with Crippen LogP contribution in [0.2, 0.25) is 0 Å². The van der Waals surface area contributed by atoms with E-state index in [0.29, 0.717) is 12.8 Å². The Balaban J connectivity index is 1.58. The van der Waals surface area contributed by atoms with Crippen LogP contribution in [0.15, 0.2) is 47.8 Å². The average molecular weight is 495 g/mol. The van der Waals surface area contributed by atoms with Crippen LogP contribution in [-0.2, 0) is 28.6 Å². The first-order chi connectivity index (χ1) is 16.9. The lowest BCUT2D eigenvalue weighted by Gasteiger charge is -2.68. The minimum Gasteiger partial charge on any atom is -0.472 e. The van der Waals surface area contributed by atoms with Crippen molar-refractivity contribution in [3.63, 3.8) is 0 Å². The number of cyclic esters (lactones) is 1. The Morgan fingerprint density at radius 2 is 1.92 bits per heavy atom. The third kappa shape index (κ3) is 2.46. The number of hydrogen-bond donors (Lipinski definition) is 0. The number of epoxide rings is 1. The smallest absolute Gasteiger partial charge is 0.339 e. The quantitative estimate of drug-likeness (QED) is 0.341. The Hall–Kier alpha value is -2.67. The second-order valence-electron chi connectivity index (χ2n) is 12.4. The molecular weight excluding hydrogens is 460 g/mol. The van der Waals surface area contributed by atoms with Crippen molar-refractivity contribution in [2.24, 2.45) is 33.5 Å². The summed E-state index contributed by atoms with van der Waals surface area (Å²) in [4.78, 5) is 38.8. The van der Waals surface area contributed by atoms with Gasteiger partial charge in [-0.25, -0.2) is 4.79 Å². The van der Waals surface area contributed by atoms with Crippen molar-refractivity contribution >= 4 is 17.7 Å². The molecule has 9 unspecified atom stereocenters. The molecule has 1 aromatic heterocycles. The standard InChI is InChI=1S/C29H34O7/c1-7-28-12-8-18-26(5)11-9-20(31)25(3,4)19(26)14-21(34-16(2)30)27(18,6)29(28)23(36-29)24(32)35-22(28)17-10-13-33-15-17/h7,9-11,13,15,18-19,21-23H,1,8,12,14H2,2-6H3. The lowest BCUT2D eigenvalue weighted by atomic mass is 9.35. The van der Waals surface area contributed by atoms with E-state index in [1.165, 1.54) is 6.92 Å². The van der Waals surface area contributed by atoms with Gasteiger partial charge in [0.15, 0.2) is 11.9 Å². The zero-order chi connectivity index (χ0) is 25.9. The summed E-state index contributed by atoms with van der Waals surface area (Å²) < 4.78 is 24.0. The van der Waals surface area contributed by atoms with Crippen LogP contribution < -0.4 is 0 Å². The molecule has 36 heavy (non-hydrogen) atoms. The predicted octanol–water partition coefficient (Wildman–Crippen LogP) is 4.73. The number of ether oxygens (including phenoxy) is 3. The predicted molar refractivity (Wildman–Crippen MR) is 128 cm³/mol. The highest BCUT2D eigenvalue weighted by Crippen LogP contribution is 2.80. The summed E-state index contributed by atoms with van der Waals surface area (Å²) in [5, 5.41) is 0. The largest absolute Gasteiger partial charge is 0.472 e. The lowest BCUT2D eigenvalue weighted by Crippen LogP contribution is -2.73. The van der Waals surface area contributed by atoms with Crippen LogP contribution in [0.5, 0.6) is 0 Å². The van der Waals surface area contributed by atoms with Crippen LogP contribution in [0.3, 0.4) is 0 Å². The fourth-order valence-corrected chi connectivity index (χ4v) is 9.21. The highest BCUT2D eigenvalue weighted by molar-refractivity contribution is 5.96. The van der Waals surface area contributed by atoms with E-state index in [9.17, 15) is 14.4 Å². The van der Waals surface area contributed by atoms with E-state index < -0.39 is 46.1 Å². The molecular formula is C29H34O7. The van der Waals surface area contributed by atoms with E-state index in [-0.39, 0.29) is 29.0 Å². The molecule has 192 valence electrons. The summed E-state index contributed by atoms with van der Waals surface area (Å²) in [5.74, 6) is -0.747. The molecule has 7 nitrogen and oxygen atoms in total. The van der Waals surface area contributed by atoms with Crippen LogP contribution in [0, 0.1) is 33.5 Å². The van der Waals surface area contributed by atoms with E-state index in [0.717, 1.165) is 12.0 Å². The first-order valence-electron chi connectivity index (χ1n) is 12.8. The first kappa shape index (κ1) is 23.7. The summed E-state index contributed by atoms with van der Waals surface area (Å²) in [7, 11) is 0. The van der Waals surface area contributed by atoms with E-state index in [4.69, 9.17) is 18.6 Å². The molecule has 0 amide bonds. The van der Waals surface area contributed by atoms with Crippen LogP contribution in [-0.4, -0.2) is 35.5 Å². The van der Waals surface area contributed by atoms with Crippen molar-refractivity contribution in [3.8, 4) is 0 Å². The Bertz CT molecular complexity index is 1200. The van der Waals surface area contributed by atoms with Gasteiger partial charge in [-0.1, -0.05) is 39.8 Å². The van der Waals surface area contributed by atoms with Gasteiger partial charge >= 0.3 is 11.9 Å². The van der Waals surface area contributed by atoms with Crippen molar-refractivity contribution in [1.29, 1.82) is 0 Å². The number of esters is 2. The molecule has 4 fully saturated rings. The minimum atomic E-state index is -0.963. The van der Waals surface area contributed by atoms with E-state index in [2.05, 4.69) is 26.5 Å². The van der Waals surface area contributed by atoms with E-state index >= 15 is 0 Å².